The molecule has 7 heteroatoms. The van der Waals surface area contributed by atoms with Gasteiger partial charge in [0.05, 0.1) is 10.8 Å². The van der Waals surface area contributed by atoms with Crippen LogP contribution in [-0.2, 0) is 19.1 Å². The smallest absolute Gasteiger partial charge is 0.328 e. The topological polar surface area (TPSA) is 69.7 Å². The van der Waals surface area contributed by atoms with Crippen LogP contribution in [0, 0.1) is 11.3 Å². The van der Waals surface area contributed by atoms with Gasteiger partial charge in [-0.1, -0.05) is 29.8 Å². The quantitative estimate of drug-likeness (QED) is 0.452. The van der Waals surface area contributed by atoms with Crippen LogP contribution in [0.4, 0.5) is 0 Å². The minimum Gasteiger partial charge on any atom is -0.422 e. The van der Waals surface area contributed by atoms with Crippen LogP contribution in [0.1, 0.15) is 35.0 Å². The SMILES string of the molecule is CC1(C)OC(=O)C2(C(=O)O1)[C@H](C(=O)c1cccs1)[C@H]2c1ccc(Cl)cc1. The van der Waals surface area contributed by atoms with Gasteiger partial charge in [-0.2, -0.15) is 0 Å². The molecule has 1 aromatic carbocycles. The Bertz CT molecular complexity index is 881. The van der Waals surface area contributed by atoms with Crippen molar-refractivity contribution in [2.24, 2.45) is 11.3 Å². The van der Waals surface area contributed by atoms with Gasteiger partial charge in [0.1, 0.15) is 0 Å². The van der Waals surface area contributed by atoms with E-state index in [4.69, 9.17) is 21.1 Å². The van der Waals surface area contributed by atoms with Crippen molar-refractivity contribution >= 4 is 40.7 Å². The fourth-order valence-electron chi connectivity index (χ4n) is 3.67. The van der Waals surface area contributed by atoms with Gasteiger partial charge >= 0.3 is 11.9 Å². The number of esters is 2. The van der Waals surface area contributed by atoms with Crippen LogP contribution in [-0.4, -0.2) is 23.5 Å². The predicted molar refractivity (Wildman–Crippen MR) is 95.0 cm³/mol. The predicted octanol–water partition coefficient (Wildman–Crippen LogP) is 3.82. The summed E-state index contributed by atoms with van der Waals surface area (Å²) < 4.78 is 10.7. The average Bonchev–Trinajstić information content (AvgIpc) is 2.95. The highest BCUT2D eigenvalue weighted by atomic mass is 35.5. The van der Waals surface area contributed by atoms with Crippen LogP contribution in [0.2, 0.25) is 5.02 Å². The molecular formula is C19H15ClO5S. The maximum Gasteiger partial charge on any atom is 0.328 e. The molecule has 26 heavy (non-hydrogen) atoms. The van der Waals surface area contributed by atoms with Crippen molar-refractivity contribution in [2.45, 2.75) is 25.6 Å². The summed E-state index contributed by atoms with van der Waals surface area (Å²) in [6, 6.07) is 10.2. The number of halogens is 1. The third kappa shape index (κ3) is 2.40. The van der Waals surface area contributed by atoms with Gasteiger partial charge in [0, 0.05) is 24.8 Å². The van der Waals surface area contributed by atoms with Crippen molar-refractivity contribution in [1.82, 2.24) is 0 Å². The molecule has 1 aromatic heterocycles. The zero-order chi connectivity index (χ0) is 18.7. The maximum absolute atomic E-state index is 13.0. The Balaban J connectivity index is 1.80. The summed E-state index contributed by atoms with van der Waals surface area (Å²) in [6.07, 6.45) is 0. The molecule has 0 bridgehead atoms. The molecular weight excluding hydrogens is 376 g/mol. The van der Waals surface area contributed by atoms with Gasteiger partial charge in [0.2, 0.25) is 0 Å². The number of hydrogen-bond acceptors (Lipinski definition) is 6. The molecule has 2 aromatic rings. The average molecular weight is 391 g/mol. The van der Waals surface area contributed by atoms with Crippen LogP contribution < -0.4 is 0 Å². The van der Waals surface area contributed by atoms with Crippen LogP contribution in [0.15, 0.2) is 41.8 Å². The molecule has 0 N–H and O–H groups in total. The van der Waals surface area contributed by atoms with E-state index in [1.807, 2.05) is 0 Å². The molecule has 1 saturated heterocycles. The van der Waals surface area contributed by atoms with E-state index in [0.717, 1.165) is 0 Å². The summed E-state index contributed by atoms with van der Waals surface area (Å²) in [5.74, 6) is -4.51. The maximum atomic E-state index is 13.0. The molecule has 1 aliphatic carbocycles. The van der Waals surface area contributed by atoms with E-state index in [0.29, 0.717) is 15.5 Å². The summed E-state index contributed by atoms with van der Waals surface area (Å²) in [6.45, 7) is 2.98. The summed E-state index contributed by atoms with van der Waals surface area (Å²) in [5.41, 5.74) is -0.956. The number of ether oxygens (including phenoxy) is 2. The molecule has 5 nitrogen and oxygen atoms in total. The monoisotopic (exact) mass is 390 g/mol. The molecule has 1 spiro atoms. The Morgan fingerprint density at radius 3 is 2.23 bits per heavy atom. The summed E-state index contributed by atoms with van der Waals surface area (Å²) >= 11 is 7.21. The van der Waals surface area contributed by atoms with E-state index in [9.17, 15) is 14.4 Å². The Morgan fingerprint density at radius 1 is 1.08 bits per heavy atom. The fourth-order valence-corrected chi connectivity index (χ4v) is 4.50. The summed E-state index contributed by atoms with van der Waals surface area (Å²) in [4.78, 5) is 39.2. The van der Waals surface area contributed by atoms with E-state index in [-0.39, 0.29) is 5.78 Å². The van der Waals surface area contributed by atoms with E-state index in [1.165, 1.54) is 25.2 Å². The minimum absolute atomic E-state index is 0.256. The molecule has 2 fully saturated rings. The van der Waals surface area contributed by atoms with Gasteiger partial charge in [0.25, 0.3) is 5.79 Å². The highest BCUT2D eigenvalue weighted by Crippen LogP contribution is 2.69. The number of benzene rings is 1. The molecule has 1 saturated carbocycles. The lowest BCUT2D eigenvalue weighted by Gasteiger charge is -2.33. The van der Waals surface area contributed by atoms with Gasteiger partial charge in [0.15, 0.2) is 11.2 Å². The number of carbonyl (C=O) groups excluding carboxylic acids is 3. The first-order chi connectivity index (χ1) is 12.3. The van der Waals surface area contributed by atoms with Crippen molar-refractivity contribution in [3.8, 4) is 0 Å². The third-order valence-electron chi connectivity index (χ3n) is 4.83. The van der Waals surface area contributed by atoms with Gasteiger partial charge in [-0.15, -0.1) is 11.3 Å². The lowest BCUT2D eigenvalue weighted by molar-refractivity contribution is -0.243. The van der Waals surface area contributed by atoms with E-state index >= 15 is 0 Å². The molecule has 1 aliphatic heterocycles. The lowest BCUT2D eigenvalue weighted by atomic mass is 9.96. The third-order valence-corrected chi connectivity index (χ3v) is 5.97. The van der Waals surface area contributed by atoms with Gasteiger partial charge < -0.3 is 9.47 Å². The van der Waals surface area contributed by atoms with Crippen LogP contribution in [0.25, 0.3) is 0 Å². The van der Waals surface area contributed by atoms with Crippen molar-refractivity contribution in [2.75, 3.05) is 0 Å². The standard InChI is InChI=1S/C19H15ClO5S/c1-18(2)24-16(22)19(17(23)25-18)13(10-5-7-11(20)8-6-10)14(19)15(21)12-4-3-9-26-12/h3-9,13-14H,1-2H3/t13-,14+/m1/s1. The molecule has 2 atom stereocenters. The number of cyclic esters (lactones) is 2. The van der Waals surface area contributed by atoms with Crippen molar-refractivity contribution in [3.63, 3.8) is 0 Å². The molecule has 4 rings (SSSR count). The molecule has 0 unspecified atom stereocenters. The van der Waals surface area contributed by atoms with Crippen LogP contribution >= 0.6 is 22.9 Å². The van der Waals surface area contributed by atoms with Gasteiger partial charge in [-0.05, 0) is 29.1 Å². The Kier molecular flexibility index (Phi) is 3.75. The van der Waals surface area contributed by atoms with Gasteiger partial charge in [-0.3, -0.25) is 14.4 Å². The zero-order valence-electron chi connectivity index (χ0n) is 14.0. The van der Waals surface area contributed by atoms with Crippen LogP contribution in [0.5, 0.6) is 0 Å². The number of Topliss-reactive ketones (excluding diaryl/α,β-unsaturated/α-hetero) is 1. The molecule has 134 valence electrons. The van der Waals surface area contributed by atoms with Crippen molar-refractivity contribution in [1.29, 1.82) is 0 Å². The molecule has 2 aliphatic rings. The van der Waals surface area contributed by atoms with E-state index < -0.39 is 35.0 Å². The van der Waals surface area contributed by atoms with E-state index in [2.05, 4.69) is 0 Å². The Labute approximate surface area is 158 Å². The van der Waals surface area contributed by atoms with Crippen LogP contribution in [0.3, 0.4) is 0 Å². The highest BCUT2D eigenvalue weighted by Gasteiger charge is 2.81. The number of thiophene rings is 1. The number of hydrogen-bond donors (Lipinski definition) is 0. The zero-order valence-corrected chi connectivity index (χ0v) is 15.6. The minimum atomic E-state index is -1.63. The van der Waals surface area contributed by atoms with Crippen molar-refractivity contribution in [3.05, 3.63) is 57.2 Å². The first kappa shape index (κ1) is 17.2. The first-order valence-electron chi connectivity index (χ1n) is 8.07. The van der Waals surface area contributed by atoms with E-state index in [1.54, 1.807) is 41.8 Å². The second kappa shape index (κ2) is 5.66. The first-order valence-corrected chi connectivity index (χ1v) is 9.33. The number of carbonyl (C=O) groups is 3. The van der Waals surface area contributed by atoms with Crippen molar-refractivity contribution < 1.29 is 23.9 Å². The summed E-state index contributed by atoms with van der Waals surface area (Å²) in [7, 11) is 0. The molecule has 2 heterocycles. The largest absolute Gasteiger partial charge is 0.422 e. The molecule has 0 radical (unpaired) electrons. The van der Waals surface area contributed by atoms with Gasteiger partial charge in [-0.25, -0.2) is 0 Å². The lowest BCUT2D eigenvalue weighted by Crippen LogP contribution is -2.49. The Morgan fingerprint density at radius 2 is 1.69 bits per heavy atom. The Hall–Kier alpha value is -2.18. The highest BCUT2D eigenvalue weighted by molar-refractivity contribution is 7.12. The second-order valence-electron chi connectivity index (χ2n) is 6.90. The normalized spacial score (nSPS) is 25.5. The second-order valence-corrected chi connectivity index (χ2v) is 8.28. The molecule has 0 amide bonds. The fraction of sp³-hybridized carbons (Fsp3) is 0.316. The number of ketones is 1. The number of rotatable bonds is 3. The summed E-state index contributed by atoms with van der Waals surface area (Å²) in [5, 5.41) is 2.31.